The first-order chi connectivity index (χ1) is 66.5. The monoisotopic (exact) mass is 1990 g/mol. The molecule has 0 aliphatic carbocycles. The Morgan fingerprint density at radius 2 is 0.445 bits per heavy atom. The second kappa shape index (κ2) is 120. The van der Waals surface area contributed by atoms with Gasteiger partial charge in [0.1, 0.15) is 0 Å². The summed E-state index contributed by atoms with van der Waals surface area (Å²) in [4.78, 5) is 20.1. The van der Waals surface area contributed by atoms with Gasteiger partial charge in [0, 0.05) is 127 Å². The van der Waals surface area contributed by atoms with E-state index in [2.05, 4.69) is 304 Å². The summed E-state index contributed by atoms with van der Waals surface area (Å²) in [5.74, 6) is 0. The van der Waals surface area contributed by atoms with Gasteiger partial charge in [-0.05, 0) is 150 Å². The van der Waals surface area contributed by atoms with Crippen molar-refractivity contribution in [3.8, 4) is 77.9 Å². The molecule has 738 valence electrons. The number of aromatic nitrogens is 5. The minimum Gasteiger partial charge on any atom is -0.265 e. The van der Waals surface area contributed by atoms with Crippen LogP contribution in [0, 0.1) is 72.7 Å². The van der Waals surface area contributed by atoms with Crippen LogP contribution in [-0.4, -0.2) is 24.9 Å². The standard InChI is InChI=1S/2C13H11.5C12H11N.2C6H5.16C2H6.2Y/c1-11-6-5-9-13(10-11)12-7-3-2-4-8-12;1-11-7-9-13(10-8-11)12-5-3-2-4-6-12;1-10-2-4-11(5-3-10)12-6-8-13-9-7-12;2*1-10-4-6-11(7-5-10)12-3-2-8-13-9-12;1-10-3-2-4-12(9-10)11-5-7-13-8-6-11;1-10-4-2-3-5-12(10)11-6-8-13-9-7-11;2*1-2-4-6-5-3-1;16*1-2;;/h2-5,7-10H,1H3;2-7,9-10H,1H3;5*2-9H,1H3;2*1-5H;16*1-2H3;;/q2*-1;;;;;;2*-1;;;;;;;;;;;;;;;;;;. The maximum absolute atomic E-state index is 4.08. The van der Waals surface area contributed by atoms with E-state index in [0.717, 1.165) is 0 Å². The first-order valence-electron chi connectivity index (χ1n) is 50.3. The molecule has 16 rings (SSSR count). The summed E-state index contributed by atoms with van der Waals surface area (Å²) in [6, 6.07) is 127. The van der Waals surface area contributed by atoms with E-state index in [1.807, 2.05) is 405 Å². The smallest absolute Gasteiger partial charge is 0.0346 e. The molecule has 0 saturated heterocycles. The second-order valence-corrected chi connectivity index (χ2v) is 23.9. The molecule has 0 aliphatic rings. The molecule has 5 heterocycles. The summed E-state index contributed by atoms with van der Waals surface area (Å²) >= 11 is 0. The average Bonchev–Trinajstić information content (AvgIpc) is 0.849. The number of rotatable bonds is 7. The van der Waals surface area contributed by atoms with Crippen molar-refractivity contribution in [1.82, 2.24) is 24.9 Å². The Hall–Kier alpha value is -10.6. The van der Waals surface area contributed by atoms with E-state index in [9.17, 15) is 0 Å². The average molecular weight is 1990 g/mol. The summed E-state index contributed by atoms with van der Waals surface area (Å²) in [6.07, 6.45) is 18.2. The predicted octanol–water partition coefficient (Wildman–Crippen LogP) is 41.6. The summed E-state index contributed by atoms with van der Waals surface area (Å²) < 4.78 is 0. The fourth-order valence-corrected chi connectivity index (χ4v) is 10.0. The maximum Gasteiger partial charge on any atom is 0.0346 e. The van der Waals surface area contributed by atoms with Crippen LogP contribution in [0.4, 0.5) is 0 Å². The molecule has 7 heteroatoms. The van der Waals surface area contributed by atoms with E-state index in [0.29, 0.717) is 0 Å². The van der Waals surface area contributed by atoms with E-state index in [-0.39, 0.29) is 65.4 Å². The van der Waals surface area contributed by atoms with E-state index in [1.165, 1.54) is 117 Å². The largest absolute Gasteiger partial charge is 0.265 e. The third-order valence-corrected chi connectivity index (χ3v) is 15.7. The minimum atomic E-state index is 0. The van der Waals surface area contributed by atoms with Crippen molar-refractivity contribution >= 4 is 0 Å². The molecule has 0 N–H and O–H groups in total. The molecule has 0 atom stereocenters. The Balaban J connectivity index is -0.000000140. The molecule has 2 radical (unpaired) electrons. The Morgan fingerprint density at radius 3 is 0.745 bits per heavy atom. The molecule has 0 saturated carbocycles. The number of pyridine rings is 5. The maximum atomic E-state index is 4.08. The third kappa shape index (κ3) is 78.0. The van der Waals surface area contributed by atoms with Gasteiger partial charge in [-0.3, -0.25) is 24.9 Å². The van der Waals surface area contributed by atoms with Gasteiger partial charge in [0.25, 0.3) is 0 Å². The van der Waals surface area contributed by atoms with Crippen molar-refractivity contribution in [2.24, 2.45) is 0 Å². The predicted molar refractivity (Wildman–Crippen MR) is 615 cm³/mol. The molecular weight excluding hydrogens is 1810 g/mol. The van der Waals surface area contributed by atoms with Crippen LogP contribution in [-0.2, 0) is 65.4 Å². The minimum absolute atomic E-state index is 0. The molecule has 0 unspecified atom stereocenters. The zero-order valence-electron chi connectivity index (χ0n) is 93.0. The van der Waals surface area contributed by atoms with Crippen LogP contribution in [0.1, 0.15) is 261 Å². The summed E-state index contributed by atoms with van der Waals surface area (Å²) in [6.45, 7) is 78.6. The number of hydrogen-bond donors (Lipinski definition) is 0. The molecule has 0 aliphatic heterocycles. The fourth-order valence-electron chi connectivity index (χ4n) is 10.0. The molecule has 137 heavy (non-hydrogen) atoms. The van der Waals surface area contributed by atoms with Crippen molar-refractivity contribution in [2.45, 2.75) is 270 Å². The van der Waals surface area contributed by atoms with Gasteiger partial charge < -0.3 is 0 Å². The topological polar surface area (TPSA) is 64.5 Å². The van der Waals surface area contributed by atoms with Crippen LogP contribution in [0.2, 0.25) is 0 Å². The quantitative estimate of drug-likeness (QED) is 0.149. The zero-order chi connectivity index (χ0) is 104. The molecular formula is C130H183N5Y2-4. The molecule has 11 aromatic carbocycles. The van der Waals surface area contributed by atoms with Crippen LogP contribution < -0.4 is 0 Å². The Kier molecular flexibility index (Phi) is 130. The van der Waals surface area contributed by atoms with Gasteiger partial charge in [-0.2, -0.15) is 132 Å². The number of nitrogens with zero attached hydrogens (tertiary/aromatic N) is 5. The summed E-state index contributed by atoms with van der Waals surface area (Å²) in [5, 5.41) is 0. The van der Waals surface area contributed by atoms with Crippen LogP contribution in [0.25, 0.3) is 77.9 Å². The summed E-state index contributed by atoms with van der Waals surface area (Å²) in [7, 11) is 0. The van der Waals surface area contributed by atoms with Crippen LogP contribution in [0.5, 0.6) is 0 Å². The van der Waals surface area contributed by atoms with Gasteiger partial charge >= 0.3 is 0 Å². The van der Waals surface area contributed by atoms with E-state index in [1.54, 1.807) is 12.4 Å². The van der Waals surface area contributed by atoms with Crippen LogP contribution in [0.3, 0.4) is 0 Å². The third-order valence-electron chi connectivity index (χ3n) is 15.7. The van der Waals surface area contributed by atoms with Crippen LogP contribution in [0.15, 0.2) is 402 Å². The Bertz CT molecular complexity index is 4350. The first kappa shape index (κ1) is 149. The van der Waals surface area contributed by atoms with Gasteiger partial charge in [0.15, 0.2) is 0 Å². The zero-order valence-corrected chi connectivity index (χ0v) is 98.7. The molecule has 16 aromatic rings. The van der Waals surface area contributed by atoms with Crippen LogP contribution >= 0.6 is 0 Å². The van der Waals surface area contributed by atoms with Crippen molar-refractivity contribution in [3.05, 3.63) is 465 Å². The second-order valence-electron chi connectivity index (χ2n) is 23.9. The van der Waals surface area contributed by atoms with Crippen molar-refractivity contribution in [1.29, 1.82) is 0 Å². The molecule has 0 spiro atoms. The van der Waals surface area contributed by atoms with Crippen molar-refractivity contribution < 1.29 is 65.4 Å². The number of aryl methyl sites for hydroxylation is 7. The van der Waals surface area contributed by atoms with Gasteiger partial charge in [-0.15, -0.1) is 11.1 Å². The number of hydrogen-bond acceptors (Lipinski definition) is 5. The van der Waals surface area contributed by atoms with Gasteiger partial charge in [-0.25, -0.2) is 0 Å². The first-order valence-corrected chi connectivity index (χ1v) is 50.3. The summed E-state index contributed by atoms with van der Waals surface area (Å²) in [5.41, 5.74) is 26.0. The Morgan fingerprint density at radius 1 is 0.168 bits per heavy atom. The number of benzene rings is 11. The fraction of sp³-hybridized carbons (Fsp3) is 0.300. The molecule has 5 aromatic heterocycles. The van der Waals surface area contributed by atoms with E-state index < -0.39 is 0 Å². The normalized spacial score (nSPS) is 7.99. The molecule has 5 nitrogen and oxygen atoms in total. The van der Waals surface area contributed by atoms with Crippen molar-refractivity contribution in [2.75, 3.05) is 0 Å². The van der Waals surface area contributed by atoms with E-state index >= 15 is 0 Å². The SMILES string of the molecule is CC.CC.CC.CC.CC.CC.CC.CC.CC.CC.CC.CC.CC.CC.CC.CC.Cc1[c-]cc(-c2ccccc2)cc1.Cc1[c-]ccc(-c2ccccc2)c1.Cc1ccc(-c2cccnc2)cc1.Cc1ccc(-c2cccnc2)cc1.Cc1ccc(-c2ccncc2)cc1.Cc1cccc(-c2ccncc2)c1.Cc1ccccc1-c1ccncc1.[Y].[Y].[c-]1ccccc1.[c-]1ccccc1. The Labute approximate surface area is 895 Å². The molecule has 0 bridgehead atoms. The van der Waals surface area contributed by atoms with Crippen molar-refractivity contribution in [3.63, 3.8) is 0 Å². The van der Waals surface area contributed by atoms with Gasteiger partial charge in [-0.1, -0.05) is 457 Å². The molecule has 0 fully saturated rings. The van der Waals surface area contributed by atoms with Gasteiger partial charge in [0.2, 0.25) is 0 Å². The van der Waals surface area contributed by atoms with E-state index in [4.69, 9.17) is 0 Å². The van der Waals surface area contributed by atoms with Gasteiger partial charge in [0.05, 0.1) is 0 Å². The molecule has 0 amide bonds.